The van der Waals surface area contributed by atoms with E-state index < -0.39 is 23.8 Å². The topological polar surface area (TPSA) is 115 Å². The maximum atomic E-state index is 12.1. The highest BCUT2D eigenvalue weighted by molar-refractivity contribution is 6.00. The van der Waals surface area contributed by atoms with E-state index in [0.717, 1.165) is 0 Å². The monoisotopic (exact) mass is 369 g/mol. The number of fused-ring (bicyclic) bond motifs is 2. The van der Waals surface area contributed by atoms with Crippen LogP contribution in [-0.2, 0) is 9.59 Å². The van der Waals surface area contributed by atoms with Crippen molar-refractivity contribution in [3.8, 4) is 17.2 Å². The van der Waals surface area contributed by atoms with Gasteiger partial charge in [0.1, 0.15) is 5.75 Å². The molecule has 2 heterocycles. The number of anilines is 1. The van der Waals surface area contributed by atoms with Crippen molar-refractivity contribution in [3.05, 3.63) is 48.0 Å². The molecule has 9 heteroatoms. The average Bonchev–Trinajstić information content (AvgIpc) is 3.14. The summed E-state index contributed by atoms with van der Waals surface area (Å²) in [6.07, 6.45) is -1.23. The zero-order chi connectivity index (χ0) is 18.8. The van der Waals surface area contributed by atoms with Gasteiger partial charge in [0.2, 0.25) is 12.7 Å². The number of carbonyl (C=O) groups excluding carboxylic acids is 3. The fourth-order valence-corrected chi connectivity index (χ4v) is 2.68. The maximum absolute atomic E-state index is 12.1. The molecule has 0 aromatic heterocycles. The molecule has 4 rings (SSSR count). The van der Waals surface area contributed by atoms with Crippen LogP contribution in [0.15, 0.2) is 42.5 Å². The molecule has 138 valence electrons. The van der Waals surface area contributed by atoms with Gasteiger partial charge in [-0.25, -0.2) is 0 Å². The van der Waals surface area contributed by atoms with Gasteiger partial charge in [0, 0.05) is 5.56 Å². The highest BCUT2D eigenvalue weighted by Crippen LogP contribution is 2.32. The Hall–Kier alpha value is -3.75. The van der Waals surface area contributed by atoms with Crippen LogP contribution in [0, 0.1) is 0 Å². The van der Waals surface area contributed by atoms with E-state index in [0.29, 0.717) is 28.5 Å². The van der Waals surface area contributed by atoms with Gasteiger partial charge < -0.3 is 19.5 Å². The number of rotatable bonds is 3. The van der Waals surface area contributed by atoms with Crippen LogP contribution in [0.2, 0.25) is 0 Å². The summed E-state index contributed by atoms with van der Waals surface area (Å²) in [7, 11) is 0. The zero-order valence-electron chi connectivity index (χ0n) is 14.0. The van der Waals surface area contributed by atoms with Gasteiger partial charge in [0.25, 0.3) is 11.8 Å². The van der Waals surface area contributed by atoms with E-state index in [1.165, 1.54) is 6.07 Å². The number of benzene rings is 2. The van der Waals surface area contributed by atoms with Gasteiger partial charge in [-0.05, 0) is 30.3 Å². The first-order chi connectivity index (χ1) is 13.1. The summed E-state index contributed by atoms with van der Waals surface area (Å²) in [4.78, 5) is 36.2. The second-order valence-corrected chi connectivity index (χ2v) is 5.87. The summed E-state index contributed by atoms with van der Waals surface area (Å²) in [6.45, 7) is 0.101. The first-order valence-corrected chi connectivity index (χ1v) is 8.15. The van der Waals surface area contributed by atoms with Gasteiger partial charge in [-0.3, -0.25) is 25.2 Å². The van der Waals surface area contributed by atoms with Crippen LogP contribution in [0.5, 0.6) is 17.2 Å². The molecule has 0 fully saturated rings. The Kier molecular flexibility index (Phi) is 4.25. The molecular formula is C18H15N3O6. The van der Waals surface area contributed by atoms with Crippen molar-refractivity contribution in [1.82, 2.24) is 10.9 Å². The fourth-order valence-electron chi connectivity index (χ4n) is 2.68. The third-order valence-electron chi connectivity index (χ3n) is 4.03. The Morgan fingerprint density at radius 3 is 2.74 bits per heavy atom. The van der Waals surface area contributed by atoms with Crippen LogP contribution in [0.25, 0.3) is 0 Å². The molecule has 9 nitrogen and oxygen atoms in total. The summed E-state index contributed by atoms with van der Waals surface area (Å²) in [6, 6.07) is 11.6. The number of hydrogen-bond donors (Lipinski definition) is 3. The number of nitrogens with one attached hydrogen (secondary N) is 3. The number of amides is 3. The lowest BCUT2D eigenvalue weighted by Gasteiger charge is -2.25. The van der Waals surface area contributed by atoms with Crippen LogP contribution < -0.4 is 30.4 Å². The Morgan fingerprint density at radius 1 is 1.04 bits per heavy atom. The summed E-state index contributed by atoms with van der Waals surface area (Å²) in [5, 5.41) is 2.67. The van der Waals surface area contributed by atoms with Crippen LogP contribution in [-0.4, -0.2) is 30.6 Å². The Bertz CT molecular complexity index is 929. The summed E-state index contributed by atoms with van der Waals surface area (Å²) < 4.78 is 15.9. The molecule has 3 N–H and O–H groups in total. The first kappa shape index (κ1) is 16.7. The molecule has 0 spiro atoms. The molecule has 1 atom stereocenters. The van der Waals surface area contributed by atoms with Crippen LogP contribution >= 0.6 is 0 Å². The SMILES string of the molecule is O=C(C[C@H]1Oc2ccccc2NC1=O)NNC(=O)c1ccc2c(c1)OCO2. The Labute approximate surface area is 153 Å². The standard InChI is InChI=1S/C18H15N3O6/c22-16(8-15-18(24)19-11-3-1-2-4-12(11)27-15)20-21-17(23)10-5-6-13-14(7-10)26-9-25-13/h1-7,15H,8-9H2,(H,19,24)(H,20,22)(H,21,23)/t15-/m1/s1. The van der Waals surface area contributed by atoms with E-state index in [-0.39, 0.29) is 13.2 Å². The van der Waals surface area contributed by atoms with E-state index in [2.05, 4.69) is 16.2 Å². The maximum Gasteiger partial charge on any atom is 0.269 e. The van der Waals surface area contributed by atoms with E-state index in [9.17, 15) is 14.4 Å². The molecule has 0 saturated carbocycles. The molecule has 0 bridgehead atoms. The molecule has 2 aliphatic rings. The van der Waals surface area contributed by atoms with Crippen LogP contribution in [0.1, 0.15) is 16.8 Å². The van der Waals surface area contributed by atoms with Crippen LogP contribution in [0.4, 0.5) is 5.69 Å². The minimum absolute atomic E-state index is 0.101. The quantitative estimate of drug-likeness (QED) is 0.695. The Balaban J connectivity index is 1.32. The van der Waals surface area contributed by atoms with Gasteiger partial charge in [-0.1, -0.05) is 12.1 Å². The number of para-hydroxylation sites is 2. The predicted octanol–water partition coefficient (Wildman–Crippen LogP) is 0.966. The Morgan fingerprint density at radius 2 is 1.85 bits per heavy atom. The van der Waals surface area contributed by atoms with Gasteiger partial charge in [0.15, 0.2) is 17.6 Å². The minimum Gasteiger partial charge on any atom is -0.478 e. The van der Waals surface area contributed by atoms with Crippen molar-refractivity contribution in [2.75, 3.05) is 12.1 Å². The largest absolute Gasteiger partial charge is 0.478 e. The average molecular weight is 369 g/mol. The molecular weight excluding hydrogens is 354 g/mol. The molecule has 0 unspecified atom stereocenters. The van der Waals surface area contributed by atoms with E-state index in [4.69, 9.17) is 14.2 Å². The second kappa shape index (κ2) is 6.87. The molecule has 0 radical (unpaired) electrons. The van der Waals surface area contributed by atoms with Crippen molar-refractivity contribution in [2.24, 2.45) is 0 Å². The van der Waals surface area contributed by atoms with Crippen molar-refractivity contribution < 1.29 is 28.6 Å². The van der Waals surface area contributed by atoms with Crippen molar-refractivity contribution in [1.29, 1.82) is 0 Å². The summed E-state index contributed by atoms with van der Waals surface area (Å²) in [5.41, 5.74) is 5.40. The third-order valence-corrected chi connectivity index (χ3v) is 4.03. The molecule has 3 amide bonds. The molecule has 0 aliphatic carbocycles. The second-order valence-electron chi connectivity index (χ2n) is 5.87. The molecule has 2 aliphatic heterocycles. The number of ether oxygens (including phenoxy) is 3. The number of carbonyl (C=O) groups is 3. The van der Waals surface area contributed by atoms with E-state index in [1.54, 1.807) is 36.4 Å². The molecule has 27 heavy (non-hydrogen) atoms. The number of hydrazine groups is 1. The van der Waals surface area contributed by atoms with Crippen molar-refractivity contribution in [2.45, 2.75) is 12.5 Å². The van der Waals surface area contributed by atoms with Gasteiger partial charge >= 0.3 is 0 Å². The zero-order valence-corrected chi connectivity index (χ0v) is 14.0. The minimum atomic E-state index is -0.984. The highest BCUT2D eigenvalue weighted by atomic mass is 16.7. The van der Waals surface area contributed by atoms with Gasteiger partial charge in [0.05, 0.1) is 12.1 Å². The lowest BCUT2D eigenvalue weighted by molar-refractivity contribution is -0.130. The summed E-state index contributed by atoms with van der Waals surface area (Å²) in [5.74, 6) is -0.0221. The van der Waals surface area contributed by atoms with Crippen LogP contribution in [0.3, 0.4) is 0 Å². The van der Waals surface area contributed by atoms with Crippen molar-refractivity contribution in [3.63, 3.8) is 0 Å². The van der Waals surface area contributed by atoms with Gasteiger partial charge in [-0.2, -0.15) is 0 Å². The van der Waals surface area contributed by atoms with Gasteiger partial charge in [-0.15, -0.1) is 0 Å². The lowest BCUT2D eigenvalue weighted by atomic mass is 10.1. The smallest absolute Gasteiger partial charge is 0.269 e. The molecule has 0 saturated heterocycles. The van der Waals surface area contributed by atoms with E-state index >= 15 is 0 Å². The van der Waals surface area contributed by atoms with E-state index in [1.807, 2.05) is 0 Å². The lowest BCUT2D eigenvalue weighted by Crippen LogP contribution is -2.46. The fraction of sp³-hybridized carbons (Fsp3) is 0.167. The number of hydrogen-bond acceptors (Lipinski definition) is 6. The molecule has 2 aromatic rings. The molecule has 2 aromatic carbocycles. The third kappa shape index (κ3) is 3.47. The first-order valence-electron chi connectivity index (χ1n) is 8.15. The predicted molar refractivity (Wildman–Crippen MR) is 92.3 cm³/mol. The highest BCUT2D eigenvalue weighted by Gasteiger charge is 2.29. The normalized spacial score (nSPS) is 16.6. The summed E-state index contributed by atoms with van der Waals surface area (Å²) >= 11 is 0. The van der Waals surface area contributed by atoms with Crippen molar-refractivity contribution >= 4 is 23.4 Å².